The summed E-state index contributed by atoms with van der Waals surface area (Å²) < 4.78 is 5.32. The first kappa shape index (κ1) is 24.8. The van der Waals surface area contributed by atoms with Gasteiger partial charge in [-0.3, -0.25) is 0 Å². The quantitative estimate of drug-likeness (QED) is 0.186. The summed E-state index contributed by atoms with van der Waals surface area (Å²) in [7, 11) is 0. The molecule has 0 spiro atoms. The summed E-state index contributed by atoms with van der Waals surface area (Å²) in [6.07, 6.45) is 6.87. The van der Waals surface area contributed by atoms with Crippen LogP contribution in [0.25, 0.3) is 97.8 Å². The SMILES string of the molecule is C1=Cc2c(c3c4sc5ccccc5c4ccc3n2-c2ccc(-c3ccc4c5c(cccc35)-c3ccccc3-4)c3ccccc23)CC1. The number of hydrogen-bond donors (Lipinski definition) is 0. The minimum atomic E-state index is 1.07. The number of fused-ring (bicyclic) bond motifs is 11. The number of hydrogen-bond acceptors (Lipinski definition) is 1. The van der Waals surface area contributed by atoms with Crippen LogP contribution in [0.15, 0.2) is 133 Å². The fourth-order valence-electron chi connectivity index (χ4n) is 8.52. The van der Waals surface area contributed by atoms with Gasteiger partial charge in [0.05, 0.1) is 11.2 Å². The second-order valence-electron chi connectivity index (χ2n) is 12.7. The summed E-state index contributed by atoms with van der Waals surface area (Å²) in [4.78, 5) is 0. The Morgan fingerprint density at radius 2 is 1.15 bits per heavy atom. The summed E-state index contributed by atoms with van der Waals surface area (Å²) in [5.74, 6) is 0. The van der Waals surface area contributed by atoms with E-state index in [1.54, 1.807) is 0 Å². The molecule has 0 radical (unpaired) electrons. The Morgan fingerprint density at radius 3 is 2.04 bits per heavy atom. The van der Waals surface area contributed by atoms with Crippen molar-refractivity contribution in [1.29, 1.82) is 0 Å². The van der Waals surface area contributed by atoms with Crippen LogP contribution in [0.4, 0.5) is 0 Å². The van der Waals surface area contributed by atoms with Crippen LogP contribution in [0.3, 0.4) is 0 Å². The van der Waals surface area contributed by atoms with Gasteiger partial charge in [-0.15, -0.1) is 11.3 Å². The van der Waals surface area contributed by atoms with Gasteiger partial charge in [0.2, 0.25) is 0 Å². The van der Waals surface area contributed by atoms with Crippen molar-refractivity contribution in [3.8, 4) is 39.1 Å². The number of aromatic nitrogens is 1. The van der Waals surface area contributed by atoms with E-state index >= 15 is 0 Å². The lowest BCUT2D eigenvalue weighted by Gasteiger charge is -2.18. The third kappa shape index (κ3) is 3.14. The Kier molecular flexibility index (Phi) is 4.89. The molecule has 0 unspecified atom stereocenters. The molecule has 0 fully saturated rings. The summed E-state index contributed by atoms with van der Waals surface area (Å²) in [5, 5.41) is 9.42. The fraction of sp³-hybridized carbons (Fsp3) is 0.0455. The summed E-state index contributed by atoms with van der Waals surface area (Å²) in [6, 6.07) is 47.6. The van der Waals surface area contributed by atoms with Gasteiger partial charge in [-0.2, -0.15) is 0 Å². The molecule has 0 saturated carbocycles. The maximum atomic E-state index is 2.54. The van der Waals surface area contributed by atoms with Crippen LogP contribution in [0.2, 0.25) is 0 Å². The molecular weight excluding hydrogens is 575 g/mol. The van der Waals surface area contributed by atoms with Crippen LogP contribution >= 0.6 is 11.3 Å². The van der Waals surface area contributed by atoms with Gasteiger partial charge in [0.15, 0.2) is 0 Å². The van der Waals surface area contributed by atoms with Crippen molar-refractivity contribution in [3.05, 3.63) is 145 Å². The lowest BCUT2D eigenvalue weighted by molar-refractivity contribution is 0.970. The van der Waals surface area contributed by atoms with E-state index in [9.17, 15) is 0 Å². The van der Waals surface area contributed by atoms with Crippen molar-refractivity contribution in [2.24, 2.45) is 0 Å². The van der Waals surface area contributed by atoms with E-state index in [1.807, 2.05) is 11.3 Å². The Hall–Kier alpha value is -5.44. The molecule has 46 heavy (non-hydrogen) atoms. The maximum Gasteiger partial charge on any atom is 0.0552 e. The topological polar surface area (TPSA) is 4.93 Å². The van der Waals surface area contributed by atoms with Crippen molar-refractivity contribution in [2.75, 3.05) is 0 Å². The molecule has 11 rings (SSSR count). The van der Waals surface area contributed by atoms with E-state index in [0.29, 0.717) is 0 Å². The van der Waals surface area contributed by atoms with Gasteiger partial charge in [0.25, 0.3) is 0 Å². The molecule has 7 aromatic carbocycles. The predicted molar refractivity (Wildman–Crippen MR) is 198 cm³/mol. The van der Waals surface area contributed by atoms with Gasteiger partial charge < -0.3 is 4.57 Å². The third-order valence-electron chi connectivity index (χ3n) is 10.4. The van der Waals surface area contributed by atoms with Gasteiger partial charge in [0, 0.05) is 36.6 Å². The first-order chi connectivity index (χ1) is 22.8. The average Bonchev–Trinajstić information content (AvgIpc) is 3.77. The Morgan fingerprint density at radius 1 is 0.478 bits per heavy atom. The summed E-state index contributed by atoms with van der Waals surface area (Å²) >= 11 is 1.94. The zero-order valence-electron chi connectivity index (χ0n) is 25.0. The normalized spacial score (nSPS) is 13.4. The molecule has 2 heteroatoms. The smallest absolute Gasteiger partial charge is 0.0552 e. The lowest BCUT2D eigenvalue weighted by atomic mass is 9.91. The zero-order chi connectivity index (χ0) is 29.9. The molecule has 2 heterocycles. The molecule has 0 N–H and O–H groups in total. The molecular formula is C44H27NS. The van der Waals surface area contributed by atoms with Crippen molar-refractivity contribution < 1.29 is 0 Å². The number of rotatable bonds is 2. The highest BCUT2D eigenvalue weighted by atomic mass is 32.1. The highest BCUT2D eigenvalue weighted by molar-refractivity contribution is 7.26. The molecule has 2 aliphatic carbocycles. The van der Waals surface area contributed by atoms with Crippen molar-refractivity contribution in [2.45, 2.75) is 12.8 Å². The molecule has 0 saturated heterocycles. The van der Waals surface area contributed by atoms with E-state index in [-0.39, 0.29) is 0 Å². The highest BCUT2D eigenvalue weighted by Crippen LogP contribution is 2.50. The second-order valence-corrected chi connectivity index (χ2v) is 13.7. The van der Waals surface area contributed by atoms with Crippen molar-refractivity contribution in [1.82, 2.24) is 4.57 Å². The lowest BCUT2D eigenvalue weighted by Crippen LogP contribution is -2.01. The third-order valence-corrected chi connectivity index (χ3v) is 11.6. The zero-order valence-corrected chi connectivity index (χ0v) is 25.9. The summed E-state index contributed by atoms with van der Waals surface area (Å²) in [6.45, 7) is 0. The predicted octanol–water partition coefficient (Wildman–Crippen LogP) is 12.6. The van der Waals surface area contributed by atoms with E-state index in [4.69, 9.17) is 0 Å². The van der Waals surface area contributed by atoms with Gasteiger partial charge in [-0.1, -0.05) is 115 Å². The fourth-order valence-corrected chi connectivity index (χ4v) is 9.79. The molecule has 0 aliphatic heterocycles. The molecule has 0 bridgehead atoms. The van der Waals surface area contributed by atoms with Crippen LogP contribution in [0.5, 0.6) is 0 Å². The largest absolute Gasteiger partial charge is 0.309 e. The maximum absolute atomic E-state index is 2.54. The molecule has 9 aromatic rings. The summed E-state index contributed by atoms with van der Waals surface area (Å²) in [5.41, 5.74) is 13.3. The van der Waals surface area contributed by atoms with Crippen LogP contribution in [0, 0.1) is 0 Å². The van der Waals surface area contributed by atoms with E-state index in [0.717, 1.165) is 12.8 Å². The van der Waals surface area contributed by atoms with Crippen molar-refractivity contribution in [3.63, 3.8) is 0 Å². The van der Waals surface area contributed by atoms with E-state index in [2.05, 4.69) is 144 Å². The van der Waals surface area contributed by atoms with Crippen LogP contribution < -0.4 is 0 Å². The number of nitrogens with zero attached hydrogens (tertiary/aromatic N) is 1. The first-order valence-electron chi connectivity index (χ1n) is 16.2. The van der Waals surface area contributed by atoms with Gasteiger partial charge in [-0.05, 0) is 92.2 Å². The van der Waals surface area contributed by atoms with Gasteiger partial charge in [0.1, 0.15) is 0 Å². The molecule has 214 valence electrons. The average molecular weight is 602 g/mol. The first-order valence-corrected chi connectivity index (χ1v) is 17.0. The Labute approximate surface area is 270 Å². The molecule has 1 nitrogen and oxygen atoms in total. The molecule has 2 aromatic heterocycles. The standard InChI is InChI=1S/C44H27NS/c1-2-12-28-27(11-1)33-16-9-17-34-30(20-21-35(28)42(33)34)29-22-24-39(31-13-4-3-10-26(29)31)45-38-18-7-5-15-37(38)43-40(45)25-23-36-32-14-6-8-19-41(32)46-44(36)43/h1-4,6-14,16-25H,5,15H2. The Bertz CT molecular complexity index is 2780. The van der Waals surface area contributed by atoms with Gasteiger partial charge in [-0.25, -0.2) is 0 Å². The van der Waals surface area contributed by atoms with E-state index < -0.39 is 0 Å². The number of thiophene rings is 1. The number of aryl methyl sites for hydroxylation is 1. The minimum absolute atomic E-state index is 1.07. The van der Waals surface area contributed by atoms with Crippen molar-refractivity contribution >= 4 is 70.0 Å². The molecule has 0 atom stereocenters. The Balaban J connectivity index is 1.19. The van der Waals surface area contributed by atoms with Crippen LogP contribution in [-0.4, -0.2) is 4.57 Å². The molecule has 0 amide bonds. The monoisotopic (exact) mass is 601 g/mol. The van der Waals surface area contributed by atoms with Crippen LogP contribution in [0.1, 0.15) is 17.7 Å². The van der Waals surface area contributed by atoms with Crippen LogP contribution in [-0.2, 0) is 6.42 Å². The molecule has 2 aliphatic rings. The van der Waals surface area contributed by atoms with E-state index in [1.165, 1.54) is 103 Å². The number of allylic oxidation sites excluding steroid dienone is 1. The number of benzene rings is 7. The van der Waals surface area contributed by atoms with Gasteiger partial charge >= 0.3 is 0 Å². The highest BCUT2D eigenvalue weighted by Gasteiger charge is 2.25. The second kappa shape index (κ2) is 9.06. The minimum Gasteiger partial charge on any atom is -0.309 e.